The maximum Gasteiger partial charge on any atom is 0.122 e. The Hall–Kier alpha value is -1.51. The molecule has 2 aromatic rings. The molecule has 0 aliphatic rings. The van der Waals surface area contributed by atoms with Crippen molar-refractivity contribution in [1.82, 2.24) is 0 Å². The Labute approximate surface area is 131 Å². The zero-order valence-electron chi connectivity index (χ0n) is 12.6. The summed E-state index contributed by atoms with van der Waals surface area (Å²) in [5.41, 5.74) is 9.76. The lowest BCUT2D eigenvalue weighted by Gasteiger charge is -2.18. The van der Waals surface area contributed by atoms with Gasteiger partial charge in [-0.1, -0.05) is 35.9 Å². The molecule has 0 radical (unpaired) electrons. The van der Waals surface area contributed by atoms with Crippen LogP contribution in [0.3, 0.4) is 0 Å². The van der Waals surface area contributed by atoms with E-state index in [-0.39, 0.29) is 0 Å². The second kappa shape index (κ2) is 7.48. The van der Waals surface area contributed by atoms with Gasteiger partial charge in [-0.2, -0.15) is 0 Å². The van der Waals surface area contributed by atoms with Crippen LogP contribution in [0.5, 0.6) is 5.75 Å². The van der Waals surface area contributed by atoms with Crippen molar-refractivity contribution in [3.63, 3.8) is 0 Å². The summed E-state index contributed by atoms with van der Waals surface area (Å²) in [6, 6.07) is 14.2. The summed E-state index contributed by atoms with van der Waals surface area (Å²) < 4.78 is 5.42. The van der Waals surface area contributed by atoms with Crippen molar-refractivity contribution in [1.29, 1.82) is 0 Å². The molecule has 0 aromatic heterocycles. The molecule has 2 rings (SSSR count). The number of methoxy groups -OCH3 is 1. The summed E-state index contributed by atoms with van der Waals surface area (Å²) in [6.45, 7) is 2.78. The average Bonchev–Trinajstić information content (AvgIpc) is 2.49. The first-order valence-electron chi connectivity index (χ1n) is 7.21. The van der Waals surface area contributed by atoms with E-state index in [0.29, 0.717) is 12.5 Å². The van der Waals surface area contributed by atoms with Crippen LogP contribution >= 0.6 is 11.6 Å². The summed E-state index contributed by atoms with van der Waals surface area (Å²) in [7, 11) is 1.69. The van der Waals surface area contributed by atoms with Crippen LogP contribution in [0.15, 0.2) is 42.5 Å². The minimum atomic E-state index is 0.374. The Morgan fingerprint density at radius 3 is 2.48 bits per heavy atom. The van der Waals surface area contributed by atoms with Gasteiger partial charge in [0.2, 0.25) is 0 Å². The molecule has 2 N–H and O–H groups in total. The topological polar surface area (TPSA) is 35.2 Å². The van der Waals surface area contributed by atoms with E-state index in [1.807, 2.05) is 18.2 Å². The first-order chi connectivity index (χ1) is 10.1. The van der Waals surface area contributed by atoms with Gasteiger partial charge in [0, 0.05) is 5.02 Å². The highest BCUT2D eigenvalue weighted by Crippen LogP contribution is 2.26. The molecule has 21 heavy (non-hydrogen) atoms. The van der Waals surface area contributed by atoms with E-state index in [1.54, 1.807) is 7.11 Å². The summed E-state index contributed by atoms with van der Waals surface area (Å²) >= 11 is 6.10. The highest BCUT2D eigenvalue weighted by atomic mass is 35.5. The van der Waals surface area contributed by atoms with Crippen molar-refractivity contribution in [2.45, 2.75) is 19.8 Å². The fraction of sp³-hybridized carbons (Fsp3) is 0.333. The Morgan fingerprint density at radius 2 is 1.81 bits per heavy atom. The normalized spacial score (nSPS) is 12.2. The van der Waals surface area contributed by atoms with Crippen LogP contribution in [-0.2, 0) is 12.8 Å². The van der Waals surface area contributed by atoms with Gasteiger partial charge in [0.15, 0.2) is 0 Å². The third kappa shape index (κ3) is 4.23. The Balaban J connectivity index is 2.16. The molecule has 0 saturated carbocycles. The molecule has 2 nitrogen and oxygen atoms in total. The number of ether oxygens (including phenoxy) is 1. The summed E-state index contributed by atoms with van der Waals surface area (Å²) in [5.74, 6) is 1.25. The van der Waals surface area contributed by atoms with E-state index in [4.69, 9.17) is 22.1 Å². The van der Waals surface area contributed by atoms with Crippen molar-refractivity contribution < 1.29 is 4.74 Å². The van der Waals surface area contributed by atoms with Crippen molar-refractivity contribution >= 4 is 11.6 Å². The average molecular weight is 304 g/mol. The smallest absolute Gasteiger partial charge is 0.122 e. The van der Waals surface area contributed by atoms with Crippen LogP contribution in [0.25, 0.3) is 0 Å². The molecular formula is C18H22ClNO. The molecule has 0 fully saturated rings. The second-order valence-electron chi connectivity index (χ2n) is 5.39. The maximum absolute atomic E-state index is 6.10. The largest absolute Gasteiger partial charge is 0.496 e. The molecule has 0 aliphatic carbocycles. The number of rotatable bonds is 6. The van der Waals surface area contributed by atoms with Gasteiger partial charge in [-0.25, -0.2) is 0 Å². The zero-order valence-corrected chi connectivity index (χ0v) is 13.4. The number of nitrogens with two attached hydrogens (primary N) is 1. The Bertz CT molecular complexity index is 598. The van der Waals surface area contributed by atoms with Crippen LogP contribution < -0.4 is 10.5 Å². The van der Waals surface area contributed by atoms with Crippen LogP contribution in [-0.4, -0.2) is 13.7 Å². The van der Waals surface area contributed by atoms with Gasteiger partial charge in [-0.05, 0) is 67.1 Å². The molecule has 112 valence electrons. The van der Waals surface area contributed by atoms with Crippen LogP contribution in [0.4, 0.5) is 0 Å². The van der Waals surface area contributed by atoms with Gasteiger partial charge in [0.1, 0.15) is 5.75 Å². The third-order valence-electron chi connectivity index (χ3n) is 3.85. The highest BCUT2D eigenvalue weighted by molar-refractivity contribution is 6.30. The van der Waals surface area contributed by atoms with Crippen LogP contribution in [0.1, 0.15) is 16.7 Å². The maximum atomic E-state index is 6.10. The summed E-state index contributed by atoms with van der Waals surface area (Å²) in [5, 5.41) is 0.734. The summed E-state index contributed by atoms with van der Waals surface area (Å²) in [4.78, 5) is 0. The molecular weight excluding hydrogens is 282 g/mol. The van der Waals surface area contributed by atoms with Crippen LogP contribution in [0.2, 0.25) is 5.02 Å². The number of hydrogen-bond acceptors (Lipinski definition) is 2. The molecule has 0 heterocycles. The molecule has 0 spiro atoms. The van der Waals surface area contributed by atoms with E-state index < -0.39 is 0 Å². The highest BCUT2D eigenvalue weighted by Gasteiger charge is 2.13. The summed E-state index contributed by atoms with van der Waals surface area (Å²) in [6.07, 6.45) is 1.84. The van der Waals surface area contributed by atoms with E-state index in [0.717, 1.165) is 29.2 Å². The van der Waals surface area contributed by atoms with Crippen molar-refractivity contribution in [3.05, 3.63) is 64.2 Å². The quantitative estimate of drug-likeness (QED) is 0.875. The first-order valence-corrected chi connectivity index (χ1v) is 7.58. The lowest BCUT2D eigenvalue weighted by Crippen LogP contribution is -2.20. The van der Waals surface area contributed by atoms with Gasteiger partial charge in [-0.3, -0.25) is 0 Å². The van der Waals surface area contributed by atoms with Gasteiger partial charge in [0.05, 0.1) is 7.11 Å². The predicted octanol–water partition coefficient (Wildman–Crippen LogP) is 4.02. The molecule has 3 heteroatoms. The molecule has 0 bridgehead atoms. The van der Waals surface area contributed by atoms with Gasteiger partial charge in [-0.15, -0.1) is 0 Å². The number of hydrogen-bond donors (Lipinski definition) is 1. The Morgan fingerprint density at radius 1 is 1.10 bits per heavy atom. The number of benzene rings is 2. The molecule has 0 aliphatic heterocycles. The molecule has 1 unspecified atom stereocenters. The van der Waals surface area contributed by atoms with Gasteiger partial charge < -0.3 is 10.5 Å². The standard InChI is InChI=1S/C18H22ClNO/c1-13-5-3-4-6-15(13)9-14(12-20)10-16-11-17(19)7-8-18(16)21-2/h3-8,11,14H,9-10,12,20H2,1-2H3. The minimum Gasteiger partial charge on any atom is -0.496 e. The Kier molecular flexibility index (Phi) is 5.66. The van der Waals surface area contributed by atoms with E-state index in [2.05, 4.69) is 31.2 Å². The molecule has 1 atom stereocenters. The lowest BCUT2D eigenvalue weighted by molar-refractivity contribution is 0.404. The second-order valence-corrected chi connectivity index (χ2v) is 5.83. The molecule has 0 amide bonds. The van der Waals surface area contributed by atoms with E-state index in [9.17, 15) is 0 Å². The first kappa shape index (κ1) is 15.9. The monoisotopic (exact) mass is 303 g/mol. The number of aryl methyl sites for hydroxylation is 1. The van der Waals surface area contributed by atoms with Crippen LogP contribution in [0, 0.1) is 12.8 Å². The minimum absolute atomic E-state index is 0.374. The van der Waals surface area contributed by atoms with E-state index >= 15 is 0 Å². The fourth-order valence-corrected chi connectivity index (χ4v) is 2.80. The van der Waals surface area contributed by atoms with Gasteiger partial charge >= 0.3 is 0 Å². The fourth-order valence-electron chi connectivity index (χ4n) is 2.61. The van der Waals surface area contributed by atoms with Gasteiger partial charge in [0.25, 0.3) is 0 Å². The van der Waals surface area contributed by atoms with Crippen molar-refractivity contribution in [2.75, 3.05) is 13.7 Å². The number of halogens is 1. The van der Waals surface area contributed by atoms with Crippen molar-refractivity contribution in [2.24, 2.45) is 11.7 Å². The lowest BCUT2D eigenvalue weighted by atomic mass is 9.90. The van der Waals surface area contributed by atoms with E-state index in [1.165, 1.54) is 11.1 Å². The SMILES string of the molecule is COc1ccc(Cl)cc1CC(CN)Cc1ccccc1C. The molecule has 2 aromatic carbocycles. The predicted molar refractivity (Wildman–Crippen MR) is 89.1 cm³/mol. The van der Waals surface area contributed by atoms with Crippen molar-refractivity contribution in [3.8, 4) is 5.75 Å². The third-order valence-corrected chi connectivity index (χ3v) is 4.09. The molecule has 0 saturated heterocycles. The zero-order chi connectivity index (χ0) is 15.2.